The van der Waals surface area contributed by atoms with Crippen molar-refractivity contribution in [1.82, 2.24) is 19.2 Å². The van der Waals surface area contributed by atoms with Gasteiger partial charge in [0.1, 0.15) is 0 Å². The highest BCUT2D eigenvalue weighted by atomic mass is 32.1. The standard InChI is InChI=1S/C19H24N4O3S/c1-21(10-9-14-7-8-15(24-3)17(12-14)25-4)13-23-19(27)22(2)18(20-23)16-6-5-11-26-16/h5-8,11-12H,9-10,13H2,1-4H3. The molecule has 0 N–H and O–H groups in total. The Morgan fingerprint density at radius 2 is 1.96 bits per heavy atom. The van der Waals surface area contributed by atoms with E-state index in [1.807, 2.05) is 47.6 Å². The Kier molecular flexibility index (Phi) is 5.98. The summed E-state index contributed by atoms with van der Waals surface area (Å²) in [5, 5.41) is 4.60. The highest BCUT2D eigenvalue weighted by Crippen LogP contribution is 2.27. The Bertz CT molecular complexity index is 947. The van der Waals surface area contributed by atoms with Gasteiger partial charge in [-0.1, -0.05) is 6.07 Å². The number of aromatic nitrogens is 3. The van der Waals surface area contributed by atoms with Gasteiger partial charge in [-0.2, -0.15) is 0 Å². The van der Waals surface area contributed by atoms with E-state index >= 15 is 0 Å². The van der Waals surface area contributed by atoms with Crippen molar-refractivity contribution in [3.8, 4) is 23.1 Å². The lowest BCUT2D eigenvalue weighted by Gasteiger charge is -2.17. The number of rotatable bonds is 8. The molecule has 0 saturated carbocycles. The number of nitrogens with zero attached hydrogens (tertiary/aromatic N) is 4. The van der Waals surface area contributed by atoms with Crippen LogP contribution in [0.3, 0.4) is 0 Å². The number of likely N-dealkylation sites (N-methyl/N-ethyl adjacent to an activating group) is 1. The molecular weight excluding hydrogens is 364 g/mol. The zero-order valence-electron chi connectivity index (χ0n) is 16.0. The summed E-state index contributed by atoms with van der Waals surface area (Å²) in [5.74, 6) is 2.90. The average molecular weight is 388 g/mol. The fraction of sp³-hybridized carbons (Fsp3) is 0.368. The minimum absolute atomic E-state index is 0.598. The molecule has 0 unspecified atom stereocenters. The second-order valence-corrected chi connectivity index (χ2v) is 6.67. The smallest absolute Gasteiger partial charge is 0.199 e. The van der Waals surface area contributed by atoms with Gasteiger partial charge in [0.25, 0.3) is 0 Å². The van der Waals surface area contributed by atoms with E-state index in [1.54, 1.807) is 20.5 Å². The molecule has 0 aliphatic rings. The molecule has 8 heteroatoms. The molecule has 3 rings (SSSR count). The lowest BCUT2D eigenvalue weighted by molar-refractivity contribution is 0.254. The third-order valence-corrected chi connectivity index (χ3v) is 4.87. The highest BCUT2D eigenvalue weighted by Gasteiger charge is 2.13. The summed E-state index contributed by atoms with van der Waals surface area (Å²) >= 11 is 5.51. The summed E-state index contributed by atoms with van der Waals surface area (Å²) in [5.41, 5.74) is 1.18. The van der Waals surface area contributed by atoms with Crippen molar-refractivity contribution in [3.05, 3.63) is 46.9 Å². The maximum absolute atomic E-state index is 5.51. The van der Waals surface area contributed by atoms with Crippen molar-refractivity contribution >= 4 is 12.2 Å². The molecule has 1 aromatic carbocycles. The molecule has 3 aromatic rings. The minimum Gasteiger partial charge on any atom is -0.493 e. The van der Waals surface area contributed by atoms with Gasteiger partial charge in [-0.25, -0.2) is 4.68 Å². The van der Waals surface area contributed by atoms with Crippen molar-refractivity contribution in [2.45, 2.75) is 13.1 Å². The molecular formula is C19H24N4O3S. The molecule has 0 bridgehead atoms. The van der Waals surface area contributed by atoms with Gasteiger partial charge in [0.05, 0.1) is 27.2 Å². The van der Waals surface area contributed by atoms with Crippen LogP contribution >= 0.6 is 12.2 Å². The molecule has 144 valence electrons. The number of benzene rings is 1. The molecule has 2 aromatic heterocycles. The first-order valence-corrected chi connectivity index (χ1v) is 9.01. The lowest BCUT2D eigenvalue weighted by atomic mass is 10.1. The van der Waals surface area contributed by atoms with Crippen LogP contribution in [0.5, 0.6) is 11.5 Å². The number of methoxy groups -OCH3 is 2. The second-order valence-electron chi connectivity index (χ2n) is 6.30. The molecule has 0 aliphatic heterocycles. The predicted molar refractivity (Wildman–Crippen MR) is 106 cm³/mol. The lowest BCUT2D eigenvalue weighted by Crippen LogP contribution is -2.25. The van der Waals surface area contributed by atoms with Gasteiger partial charge in [0, 0.05) is 13.6 Å². The molecule has 0 radical (unpaired) electrons. The summed E-state index contributed by atoms with van der Waals surface area (Å²) in [6.07, 6.45) is 2.51. The van der Waals surface area contributed by atoms with E-state index in [-0.39, 0.29) is 0 Å². The Hall–Kier alpha value is -2.58. The van der Waals surface area contributed by atoms with Crippen molar-refractivity contribution in [2.24, 2.45) is 7.05 Å². The Morgan fingerprint density at radius 3 is 2.63 bits per heavy atom. The Morgan fingerprint density at radius 1 is 1.19 bits per heavy atom. The molecule has 0 spiro atoms. The van der Waals surface area contributed by atoms with Crippen LogP contribution in [0.4, 0.5) is 0 Å². The van der Waals surface area contributed by atoms with Crippen molar-refractivity contribution in [3.63, 3.8) is 0 Å². The second kappa shape index (κ2) is 8.41. The van der Waals surface area contributed by atoms with Crippen LogP contribution in [-0.2, 0) is 20.1 Å². The summed E-state index contributed by atoms with van der Waals surface area (Å²) in [6.45, 7) is 1.45. The fourth-order valence-electron chi connectivity index (χ4n) is 2.86. The summed E-state index contributed by atoms with van der Waals surface area (Å²) in [6, 6.07) is 9.71. The first-order valence-electron chi connectivity index (χ1n) is 8.60. The minimum atomic E-state index is 0.598. The summed E-state index contributed by atoms with van der Waals surface area (Å²) < 4.78 is 20.4. The van der Waals surface area contributed by atoms with Gasteiger partial charge in [0.2, 0.25) is 0 Å². The van der Waals surface area contributed by atoms with Crippen molar-refractivity contribution in [2.75, 3.05) is 27.8 Å². The maximum Gasteiger partial charge on any atom is 0.199 e. The first-order chi connectivity index (χ1) is 13.0. The third-order valence-electron chi connectivity index (χ3n) is 4.39. The predicted octanol–water partition coefficient (Wildman–Crippen LogP) is 3.36. The quantitative estimate of drug-likeness (QED) is 0.552. The van der Waals surface area contributed by atoms with Gasteiger partial charge >= 0.3 is 0 Å². The molecule has 27 heavy (non-hydrogen) atoms. The number of ether oxygens (including phenoxy) is 2. The Labute approximate surface area is 163 Å². The molecule has 0 fully saturated rings. The largest absolute Gasteiger partial charge is 0.493 e. The van der Waals surface area contributed by atoms with Crippen LogP contribution in [0.1, 0.15) is 5.56 Å². The molecule has 2 heterocycles. The normalized spacial score (nSPS) is 11.1. The summed E-state index contributed by atoms with van der Waals surface area (Å²) in [7, 11) is 7.23. The number of hydrogen-bond donors (Lipinski definition) is 0. The molecule has 0 aliphatic carbocycles. The van der Waals surface area contributed by atoms with Gasteiger partial charge in [-0.15, -0.1) is 5.10 Å². The van der Waals surface area contributed by atoms with Crippen LogP contribution in [-0.4, -0.2) is 47.1 Å². The van der Waals surface area contributed by atoms with Crippen LogP contribution < -0.4 is 9.47 Å². The van der Waals surface area contributed by atoms with Crippen LogP contribution in [0.25, 0.3) is 11.6 Å². The van der Waals surface area contributed by atoms with E-state index in [4.69, 9.17) is 26.1 Å². The van der Waals surface area contributed by atoms with Crippen LogP contribution in [0, 0.1) is 4.77 Å². The average Bonchev–Trinajstić information content (AvgIpc) is 3.30. The highest BCUT2D eigenvalue weighted by molar-refractivity contribution is 7.71. The zero-order valence-corrected chi connectivity index (χ0v) is 16.8. The van der Waals surface area contributed by atoms with E-state index in [0.29, 0.717) is 17.2 Å². The maximum atomic E-state index is 5.51. The van der Waals surface area contributed by atoms with E-state index in [1.165, 1.54) is 5.56 Å². The SMILES string of the molecule is COc1ccc(CCN(C)Cn2nc(-c3ccco3)n(C)c2=S)cc1OC. The van der Waals surface area contributed by atoms with Gasteiger partial charge in [-0.3, -0.25) is 4.90 Å². The van der Waals surface area contributed by atoms with E-state index in [0.717, 1.165) is 30.3 Å². The number of hydrogen-bond acceptors (Lipinski definition) is 6. The zero-order chi connectivity index (χ0) is 19.4. The fourth-order valence-corrected chi connectivity index (χ4v) is 3.04. The molecule has 0 saturated heterocycles. The van der Waals surface area contributed by atoms with Gasteiger partial charge < -0.3 is 18.5 Å². The van der Waals surface area contributed by atoms with Crippen molar-refractivity contribution in [1.29, 1.82) is 0 Å². The third kappa shape index (κ3) is 4.23. The van der Waals surface area contributed by atoms with E-state index in [2.05, 4.69) is 16.1 Å². The van der Waals surface area contributed by atoms with E-state index < -0.39 is 0 Å². The summed E-state index contributed by atoms with van der Waals surface area (Å²) in [4.78, 5) is 2.17. The molecule has 0 amide bonds. The van der Waals surface area contributed by atoms with Gasteiger partial charge in [-0.05, 0) is 55.5 Å². The van der Waals surface area contributed by atoms with E-state index in [9.17, 15) is 0 Å². The Balaban J connectivity index is 1.66. The van der Waals surface area contributed by atoms with Crippen LogP contribution in [0.15, 0.2) is 41.0 Å². The van der Waals surface area contributed by atoms with Crippen molar-refractivity contribution < 1.29 is 13.9 Å². The number of furan rings is 1. The topological polar surface area (TPSA) is 57.6 Å². The van der Waals surface area contributed by atoms with Crippen LogP contribution in [0.2, 0.25) is 0 Å². The first kappa shape index (κ1) is 19.2. The van der Waals surface area contributed by atoms with Gasteiger partial charge in [0.15, 0.2) is 27.9 Å². The monoisotopic (exact) mass is 388 g/mol. The molecule has 7 nitrogen and oxygen atoms in total. The molecule has 0 atom stereocenters.